The summed E-state index contributed by atoms with van der Waals surface area (Å²) in [5.74, 6) is -0.780. The van der Waals surface area contributed by atoms with Crippen LogP contribution in [0, 0.1) is 0 Å². The predicted molar refractivity (Wildman–Crippen MR) is 106 cm³/mol. The minimum atomic E-state index is -1.46. The third kappa shape index (κ3) is 9.45. The molecule has 1 amide bonds. The van der Waals surface area contributed by atoms with Gasteiger partial charge in [-0.05, 0) is 13.0 Å². The molecule has 0 radical (unpaired) electrons. The lowest BCUT2D eigenvalue weighted by Crippen LogP contribution is -2.51. The number of carbonyl (C=O) groups excluding carboxylic acids is 2. The maximum atomic E-state index is 11.5. The third-order valence-electron chi connectivity index (χ3n) is 4.01. The highest BCUT2D eigenvalue weighted by molar-refractivity contribution is 5.82. The van der Waals surface area contributed by atoms with E-state index in [0.717, 1.165) is 0 Å². The Labute approximate surface area is 165 Å². The first-order chi connectivity index (χ1) is 13.2. The number of nitrogens with one attached hydrogen (secondary N) is 1. The topological polar surface area (TPSA) is 116 Å². The normalized spacial score (nSPS) is 22.0. The summed E-state index contributed by atoms with van der Waals surface area (Å²) in [4.78, 5) is 22.8. The average Bonchev–Trinajstić information content (AvgIpc) is 2.62. The Morgan fingerprint density at radius 3 is 2.75 bits per heavy atom. The molecule has 0 saturated heterocycles. The van der Waals surface area contributed by atoms with E-state index in [1.165, 1.54) is 32.1 Å². The largest absolute Gasteiger partial charge is 0.455 e. The summed E-state index contributed by atoms with van der Waals surface area (Å²) in [6, 6.07) is -0.756. The van der Waals surface area contributed by atoms with E-state index in [-0.39, 0.29) is 18.9 Å². The van der Waals surface area contributed by atoms with Crippen LogP contribution in [0.3, 0.4) is 0 Å². The van der Waals surface area contributed by atoms with Crippen LogP contribution in [0.2, 0.25) is 0 Å². The SMILES string of the molecule is CC(=O)N[C@H](C[C@@H](O)\C=C/C=C\C=C\CO)[C@](C)(O)/C=C/[C@H]1CC=CC(=O)O1. The number of cyclic esters (lactones) is 1. The van der Waals surface area contributed by atoms with E-state index in [1.807, 2.05) is 0 Å². The molecule has 1 heterocycles. The first kappa shape index (κ1) is 23.6. The van der Waals surface area contributed by atoms with Crippen molar-refractivity contribution >= 4 is 11.9 Å². The summed E-state index contributed by atoms with van der Waals surface area (Å²) in [5.41, 5.74) is -1.46. The van der Waals surface area contributed by atoms with Crippen LogP contribution < -0.4 is 5.32 Å². The maximum Gasteiger partial charge on any atom is 0.331 e. The van der Waals surface area contributed by atoms with Gasteiger partial charge >= 0.3 is 5.97 Å². The highest BCUT2D eigenvalue weighted by Crippen LogP contribution is 2.19. The molecule has 7 heteroatoms. The lowest BCUT2D eigenvalue weighted by atomic mass is 9.90. The highest BCUT2D eigenvalue weighted by Gasteiger charge is 2.32. The summed E-state index contributed by atoms with van der Waals surface area (Å²) in [5, 5.41) is 32.3. The Morgan fingerprint density at radius 2 is 2.11 bits per heavy atom. The second-order valence-electron chi connectivity index (χ2n) is 6.64. The molecule has 0 bridgehead atoms. The van der Waals surface area contributed by atoms with E-state index >= 15 is 0 Å². The number of allylic oxidation sites excluding steroid dienone is 4. The van der Waals surface area contributed by atoms with E-state index in [1.54, 1.807) is 42.5 Å². The number of hydrogen-bond acceptors (Lipinski definition) is 6. The van der Waals surface area contributed by atoms with Crippen LogP contribution >= 0.6 is 0 Å². The smallest absolute Gasteiger partial charge is 0.331 e. The molecule has 0 aliphatic carbocycles. The average molecular weight is 391 g/mol. The van der Waals surface area contributed by atoms with E-state index < -0.39 is 29.8 Å². The molecule has 0 aromatic carbocycles. The standard InChI is InChI=1S/C21H29NO6/c1-16(24)22-19(15-17(25)9-6-4-3-5-7-14-23)21(2,27)13-12-18-10-8-11-20(26)28-18/h3-9,11-13,17-19,23,25,27H,10,14-15H2,1-2H3,(H,22,24)/b4-3-,7-5+,9-6-,13-12+/t17-,18+,19+,21+/m0/s1. The van der Waals surface area contributed by atoms with Gasteiger partial charge in [0.1, 0.15) is 11.7 Å². The molecule has 0 spiro atoms. The predicted octanol–water partition coefficient (Wildman–Crippen LogP) is 1.08. The number of rotatable bonds is 10. The summed E-state index contributed by atoms with van der Waals surface area (Å²) >= 11 is 0. The molecule has 0 aromatic heterocycles. The maximum absolute atomic E-state index is 11.5. The minimum absolute atomic E-state index is 0.0476. The van der Waals surface area contributed by atoms with Crippen molar-refractivity contribution in [2.45, 2.75) is 50.5 Å². The molecule has 0 fully saturated rings. The van der Waals surface area contributed by atoms with Crippen LogP contribution in [-0.4, -0.2) is 57.7 Å². The fraction of sp³-hybridized carbons (Fsp3) is 0.429. The Hall–Kier alpha value is -2.48. The fourth-order valence-electron chi connectivity index (χ4n) is 2.54. The van der Waals surface area contributed by atoms with Crippen molar-refractivity contribution in [3.8, 4) is 0 Å². The lowest BCUT2D eigenvalue weighted by molar-refractivity contribution is -0.141. The third-order valence-corrected chi connectivity index (χ3v) is 4.01. The molecule has 4 N–H and O–H groups in total. The molecular weight excluding hydrogens is 362 g/mol. The number of esters is 1. The van der Waals surface area contributed by atoms with Gasteiger partial charge in [0.15, 0.2) is 0 Å². The van der Waals surface area contributed by atoms with Crippen LogP contribution in [0.5, 0.6) is 0 Å². The van der Waals surface area contributed by atoms with Gasteiger partial charge in [-0.1, -0.05) is 48.6 Å². The van der Waals surface area contributed by atoms with Crippen molar-refractivity contribution < 1.29 is 29.6 Å². The Bertz CT molecular complexity index is 660. The fourth-order valence-corrected chi connectivity index (χ4v) is 2.54. The van der Waals surface area contributed by atoms with Gasteiger partial charge in [-0.3, -0.25) is 4.79 Å². The van der Waals surface area contributed by atoms with Crippen LogP contribution in [0.25, 0.3) is 0 Å². The van der Waals surface area contributed by atoms with Gasteiger partial charge in [-0.15, -0.1) is 0 Å². The van der Waals surface area contributed by atoms with Crippen LogP contribution in [-0.2, 0) is 14.3 Å². The molecule has 28 heavy (non-hydrogen) atoms. The lowest BCUT2D eigenvalue weighted by Gasteiger charge is -2.32. The molecule has 0 unspecified atom stereocenters. The second kappa shape index (κ2) is 12.1. The molecule has 0 saturated carbocycles. The molecular formula is C21H29NO6. The zero-order chi connectivity index (χ0) is 21.0. The van der Waals surface area contributed by atoms with Crippen molar-refractivity contribution in [1.29, 1.82) is 0 Å². The first-order valence-electron chi connectivity index (χ1n) is 9.09. The Balaban J connectivity index is 2.75. The quantitative estimate of drug-likeness (QED) is 0.252. The molecule has 154 valence electrons. The van der Waals surface area contributed by atoms with Gasteiger partial charge in [0, 0.05) is 25.8 Å². The van der Waals surface area contributed by atoms with Gasteiger partial charge in [0.05, 0.1) is 18.8 Å². The Kier molecular flexibility index (Phi) is 10.2. The van der Waals surface area contributed by atoms with E-state index in [0.29, 0.717) is 6.42 Å². The van der Waals surface area contributed by atoms with Crippen LogP contribution in [0.1, 0.15) is 26.7 Å². The molecule has 7 nitrogen and oxygen atoms in total. The zero-order valence-corrected chi connectivity index (χ0v) is 16.2. The monoisotopic (exact) mass is 391 g/mol. The van der Waals surface area contributed by atoms with E-state index in [9.17, 15) is 19.8 Å². The second-order valence-corrected chi connectivity index (χ2v) is 6.64. The molecule has 1 aliphatic rings. The number of amides is 1. The molecule has 1 aliphatic heterocycles. The van der Waals surface area contributed by atoms with Gasteiger partial charge < -0.3 is 25.4 Å². The van der Waals surface area contributed by atoms with Gasteiger partial charge in [-0.2, -0.15) is 0 Å². The van der Waals surface area contributed by atoms with Gasteiger partial charge in [-0.25, -0.2) is 4.79 Å². The number of carbonyl (C=O) groups is 2. The van der Waals surface area contributed by atoms with Gasteiger partial charge in [0.2, 0.25) is 5.91 Å². The van der Waals surface area contributed by atoms with Crippen molar-refractivity contribution in [2.75, 3.05) is 6.61 Å². The summed E-state index contributed by atoms with van der Waals surface area (Å²) < 4.78 is 5.12. The molecule has 0 aromatic rings. The van der Waals surface area contributed by atoms with Crippen molar-refractivity contribution in [1.82, 2.24) is 5.32 Å². The zero-order valence-electron chi connectivity index (χ0n) is 16.2. The molecule has 1 rings (SSSR count). The van der Waals surface area contributed by atoms with Crippen molar-refractivity contribution in [2.24, 2.45) is 0 Å². The highest BCUT2D eigenvalue weighted by atomic mass is 16.5. The number of ether oxygens (including phenoxy) is 1. The number of aliphatic hydroxyl groups excluding tert-OH is 2. The Morgan fingerprint density at radius 1 is 1.39 bits per heavy atom. The number of hydrogen-bond donors (Lipinski definition) is 4. The number of aliphatic hydroxyl groups is 3. The summed E-state index contributed by atoms with van der Waals surface area (Å²) in [6.45, 7) is 2.80. The van der Waals surface area contributed by atoms with E-state index in [2.05, 4.69) is 5.32 Å². The summed E-state index contributed by atoms with van der Waals surface area (Å²) in [7, 11) is 0. The van der Waals surface area contributed by atoms with Crippen molar-refractivity contribution in [3.05, 3.63) is 60.8 Å². The summed E-state index contributed by atoms with van der Waals surface area (Å²) in [6.07, 6.45) is 15.1. The van der Waals surface area contributed by atoms with Crippen LogP contribution in [0.4, 0.5) is 0 Å². The van der Waals surface area contributed by atoms with Gasteiger partial charge in [0.25, 0.3) is 0 Å². The first-order valence-corrected chi connectivity index (χ1v) is 9.09. The van der Waals surface area contributed by atoms with E-state index in [4.69, 9.17) is 9.84 Å². The van der Waals surface area contributed by atoms with Crippen LogP contribution in [0.15, 0.2) is 60.8 Å². The molecule has 4 atom stereocenters. The minimum Gasteiger partial charge on any atom is -0.455 e. The van der Waals surface area contributed by atoms with Crippen molar-refractivity contribution in [3.63, 3.8) is 0 Å².